The van der Waals surface area contributed by atoms with E-state index in [1.807, 2.05) is 26.0 Å². The summed E-state index contributed by atoms with van der Waals surface area (Å²) in [6, 6.07) is 3.77. The second-order valence-electron chi connectivity index (χ2n) is 4.87. The van der Waals surface area contributed by atoms with E-state index >= 15 is 0 Å². The molecule has 0 aliphatic rings. The minimum Gasteiger partial charge on any atom is -0.544 e. The molecule has 0 aliphatic heterocycles. The van der Waals surface area contributed by atoms with Crippen molar-refractivity contribution < 1.29 is 14.6 Å². The van der Waals surface area contributed by atoms with E-state index in [4.69, 9.17) is 16.3 Å². The van der Waals surface area contributed by atoms with Crippen molar-refractivity contribution in [2.24, 2.45) is 0 Å². The number of thiazole rings is 1. The maximum atomic E-state index is 10.8. The number of carbonyl (C=O) groups is 1. The predicted molar refractivity (Wildman–Crippen MR) is 86.1 cm³/mol. The van der Waals surface area contributed by atoms with Gasteiger partial charge in [-0.1, -0.05) is 22.9 Å². The Balaban J connectivity index is 1.87. The van der Waals surface area contributed by atoms with Gasteiger partial charge in [-0.25, -0.2) is 4.98 Å². The van der Waals surface area contributed by atoms with E-state index in [0.29, 0.717) is 24.0 Å². The number of carbonyl (C=O) groups excluding carboxylic acids is 1. The molecule has 1 aromatic carbocycles. The largest absolute Gasteiger partial charge is 0.544 e. The maximum absolute atomic E-state index is 10.8. The number of hydrogen-bond donors (Lipinski definition) is 1. The van der Waals surface area contributed by atoms with Crippen molar-refractivity contribution in [1.82, 2.24) is 4.98 Å². The summed E-state index contributed by atoms with van der Waals surface area (Å²) in [6.07, 6.45) is 0. The van der Waals surface area contributed by atoms with Crippen LogP contribution in [0.25, 0.3) is 0 Å². The second kappa shape index (κ2) is 6.98. The highest BCUT2D eigenvalue weighted by Crippen LogP contribution is 2.26. The Morgan fingerprint density at radius 2 is 2.00 bits per heavy atom. The molecule has 22 heavy (non-hydrogen) atoms. The fourth-order valence-electron chi connectivity index (χ4n) is 1.98. The highest BCUT2D eigenvalue weighted by atomic mass is 35.5. The topological polar surface area (TPSA) is 74.3 Å². The zero-order valence-corrected chi connectivity index (χ0v) is 14.1. The van der Waals surface area contributed by atoms with Crippen LogP contribution in [-0.4, -0.2) is 24.1 Å². The molecule has 0 amide bonds. The second-order valence-corrected chi connectivity index (χ2v) is 6.24. The van der Waals surface area contributed by atoms with E-state index in [-0.39, 0.29) is 4.88 Å². The van der Waals surface area contributed by atoms with Gasteiger partial charge in [-0.2, -0.15) is 0 Å². The molecule has 1 heterocycles. The zero-order valence-electron chi connectivity index (χ0n) is 12.5. The molecule has 0 fully saturated rings. The average molecular weight is 340 g/mol. The lowest BCUT2D eigenvalue weighted by atomic mass is 10.1. The van der Waals surface area contributed by atoms with Crippen LogP contribution in [0.3, 0.4) is 0 Å². The molecule has 1 aromatic heterocycles. The van der Waals surface area contributed by atoms with E-state index in [1.165, 1.54) is 0 Å². The summed E-state index contributed by atoms with van der Waals surface area (Å²) in [5.41, 5.74) is 2.40. The number of carboxylic acid groups (broad SMARTS) is 1. The first-order valence-corrected chi connectivity index (χ1v) is 7.90. The van der Waals surface area contributed by atoms with E-state index in [0.717, 1.165) is 33.2 Å². The number of carboxylic acids is 1. The van der Waals surface area contributed by atoms with Gasteiger partial charge in [0, 0.05) is 5.02 Å². The first kappa shape index (κ1) is 16.6. The summed E-state index contributed by atoms with van der Waals surface area (Å²) in [4.78, 5) is 15.1. The van der Waals surface area contributed by atoms with Gasteiger partial charge in [0.2, 0.25) is 0 Å². The summed E-state index contributed by atoms with van der Waals surface area (Å²) in [5.74, 6) is -0.446. The number of benzene rings is 1. The van der Waals surface area contributed by atoms with Crippen molar-refractivity contribution in [3.63, 3.8) is 0 Å². The standard InChI is InChI=1S/C15H17ClN2O3S/c1-8-6-11(7-9(2)12(8)16)21-5-4-17-15-18-10(3)13(22-15)14(19)20/h6-7H,4-5H2,1-3H3,(H,17,18)(H,19,20)/p-1. The van der Waals surface area contributed by atoms with E-state index in [1.54, 1.807) is 6.92 Å². The minimum absolute atomic E-state index is 0.146. The van der Waals surface area contributed by atoms with Crippen molar-refractivity contribution >= 4 is 34.0 Å². The van der Waals surface area contributed by atoms with Crippen molar-refractivity contribution in [2.45, 2.75) is 20.8 Å². The molecular weight excluding hydrogens is 324 g/mol. The fraction of sp³-hybridized carbons (Fsp3) is 0.333. The van der Waals surface area contributed by atoms with Crippen molar-refractivity contribution in [1.29, 1.82) is 0 Å². The van der Waals surface area contributed by atoms with Gasteiger partial charge >= 0.3 is 0 Å². The van der Waals surface area contributed by atoms with Gasteiger partial charge in [0.15, 0.2) is 5.13 Å². The van der Waals surface area contributed by atoms with Gasteiger partial charge in [0.05, 0.1) is 23.1 Å². The summed E-state index contributed by atoms with van der Waals surface area (Å²) >= 11 is 7.17. The molecule has 0 saturated carbocycles. The molecule has 5 nitrogen and oxygen atoms in total. The van der Waals surface area contributed by atoms with Crippen molar-refractivity contribution in [3.8, 4) is 5.75 Å². The smallest absolute Gasteiger partial charge is 0.183 e. The van der Waals surface area contributed by atoms with Crippen molar-refractivity contribution in [3.05, 3.63) is 38.9 Å². The number of halogens is 1. The first-order chi connectivity index (χ1) is 10.4. The normalized spacial score (nSPS) is 10.5. The Labute approximate surface area is 137 Å². The van der Waals surface area contributed by atoms with Gasteiger partial charge in [-0.05, 0) is 44.0 Å². The third-order valence-electron chi connectivity index (χ3n) is 3.04. The van der Waals surface area contributed by atoms with Crippen LogP contribution in [0.4, 0.5) is 5.13 Å². The monoisotopic (exact) mass is 339 g/mol. The third-order valence-corrected chi connectivity index (χ3v) is 4.73. The number of anilines is 1. The minimum atomic E-state index is -1.20. The first-order valence-electron chi connectivity index (χ1n) is 6.70. The molecule has 0 atom stereocenters. The SMILES string of the molecule is Cc1cc(OCCNc2nc(C)c(C(=O)[O-])s2)cc(C)c1Cl. The zero-order chi connectivity index (χ0) is 16.3. The molecule has 7 heteroatoms. The number of rotatable bonds is 6. The molecule has 2 rings (SSSR count). The number of nitrogens with zero attached hydrogens (tertiary/aromatic N) is 1. The average Bonchev–Trinajstić information content (AvgIpc) is 2.82. The molecular formula is C15H16ClN2O3S-. The van der Waals surface area contributed by atoms with Crippen molar-refractivity contribution in [2.75, 3.05) is 18.5 Å². The van der Waals surface area contributed by atoms with E-state index < -0.39 is 5.97 Å². The van der Waals surface area contributed by atoms with Crippen LogP contribution < -0.4 is 15.2 Å². The van der Waals surface area contributed by atoms with Gasteiger partial charge in [0.25, 0.3) is 0 Å². The lowest BCUT2D eigenvalue weighted by molar-refractivity contribution is -0.254. The molecule has 0 saturated heterocycles. The number of hydrogen-bond acceptors (Lipinski definition) is 6. The van der Waals surface area contributed by atoms with Gasteiger partial charge < -0.3 is 20.0 Å². The number of ether oxygens (including phenoxy) is 1. The molecule has 0 radical (unpaired) electrons. The van der Waals surface area contributed by atoms with Gasteiger partial charge in [-0.3, -0.25) is 0 Å². The molecule has 0 aliphatic carbocycles. The summed E-state index contributed by atoms with van der Waals surface area (Å²) in [5, 5.41) is 15.2. The lowest BCUT2D eigenvalue weighted by Crippen LogP contribution is -2.21. The molecule has 0 bridgehead atoms. The molecule has 0 spiro atoms. The highest BCUT2D eigenvalue weighted by molar-refractivity contribution is 7.17. The quantitative estimate of drug-likeness (QED) is 0.819. The number of aromatic carboxylic acids is 1. The summed E-state index contributed by atoms with van der Waals surface area (Å²) in [6.45, 7) is 6.45. The third kappa shape index (κ3) is 3.90. The maximum Gasteiger partial charge on any atom is 0.183 e. The molecule has 0 unspecified atom stereocenters. The lowest BCUT2D eigenvalue weighted by Gasteiger charge is -2.10. The fourth-order valence-corrected chi connectivity index (χ4v) is 2.91. The Hall–Kier alpha value is -1.79. The Morgan fingerprint density at radius 3 is 2.55 bits per heavy atom. The molecule has 118 valence electrons. The predicted octanol–water partition coefficient (Wildman–Crippen LogP) is 2.58. The van der Waals surface area contributed by atoms with Crippen LogP contribution in [0.15, 0.2) is 12.1 Å². The summed E-state index contributed by atoms with van der Waals surface area (Å²) < 4.78 is 5.66. The number of nitrogens with one attached hydrogen (secondary N) is 1. The van der Waals surface area contributed by atoms with Gasteiger partial charge in [0.1, 0.15) is 12.4 Å². The number of aryl methyl sites for hydroxylation is 3. The number of aromatic nitrogens is 1. The molecule has 1 N–H and O–H groups in total. The van der Waals surface area contributed by atoms with Crippen LogP contribution in [0.2, 0.25) is 5.02 Å². The van der Waals surface area contributed by atoms with Crippen LogP contribution in [0, 0.1) is 20.8 Å². The van der Waals surface area contributed by atoms with Gasteiger partial charge in [-0.15, -0.1) is 0 Å². The highest BCUT2D eigenvalue weighted by Gasteiger charge is 2.08. The van der Waals surface area contributed by atoms with Crippen LogP contribution in [-0.2, 0) is 0 Å². The molecule has 2 aromatic rings. The van der Waals surface area contributed by atoms with Crippen LogP contribution in [0.1, 0.15) is 26.5 Å². The Morgan fingerprint density at radius 1 is 1.36 bits per heavy atom. The van der Waals surface area contributed by atoms with E-state index in [9.17, 15) is 9.90 Å². The van der Waals surface area contributed by atoms with Crippen LogP contribution >= 0.6 is 22.9 Å². The van der Waals surface area contributed by atoms with Crippen LogP contribution in [0.5, 0.6) is 5.75 Å². The Kier molecular flexibility index (Phi) is 5.26. The summed E-state index contributed by atoms with van der Waals surface area (Å²) in [7, 11) is 0. The Bertz CT molecular complexity index is 677. The van der Waals surface area contributed by atoms with E-state index in [2.05, 4.69) is 10.3 Å².